The molecular weight excluding hydrogens is 678 g/mol. The lowest BCUT2D eigenvalue weighted by atomic mass is 9.57. The second kappa shape index (κ2) is 13.7. The van der Waals surface area contributed by atoms with Crippen molar-refractivity contribution in [3.8, 4) is 11.1 Å². The van der Waals surface area contributed by atoms with Crippen molar-refractivity contribution in [3.63, 3.8) is 0 Å². The van der Waals surface area contributed by atoms with Gasteiger partial charge in [0.25, 0.3) is 6.43 Å². The van der Waals surface area contributed by atoms with Gasteiger partial charge in [0.15, 0.2) is 5.82 Å². The van der Waals surface area contributed by atoms with Crippen LogP contribution in [0, 0.1) is 5.41 Å². The second-order valence-electron chi connectivity index (χ2n) is 17.2. The number of fused-ring (bicyclic) bond motifs is 2. The summed E-state index contributed by atoms with van der Waals surface area (Å²) in [4.78, 5) is 33.6. The minimum atomic E-state index is -2.64. The summed E-state index contributed by atoms with van der Waals surface area (Å²) in [6.45, 7) is 12.4. The van der Waals surface area contributed by atoms with Crippen LogP contribution >= 0.6 is 0 Å². The number of rotatable bonds is 5. The Morgan fingerprint density at radius 1 is 0.962 bits per heavy atom. The molecular formula is C40H54F2N8O3. The summed E-state index contributed by atoms with van der Waals surface area (Å²) in [7, 11) is 1.80. The van der Waals surface area contributed by atoms with Gasteiger partial charge in [-0.1, -0.05) is 0 Å². The first-order chi connectivity index (χ1) is 25.3. The standard InChI is InChI=1S/C40H54F2N8O3/c1-26(51)48-14-10-34-33(25-48)37(49-13-6-7-27-19-31(28-23-43-45(5)24-28)32(36(41)42)20-35(27)49)44-50(34)29-8-11-40(12-9-29)21-30(22-40)46-15-17-47(18-16-46)38(52)53-39(2,3)4/h19-20,23-24,29-30,36H,6-18,21-22,25H2,1-5H3. The zero-order valence-corrected chi connectivity index (χ0v) is 31.9. The molecule has 8 rings (SSSR count). The van der Waals surface area contributed by atoms with Gasteiger partial charge >= 0.3 is 6.09 Å². The van der Waals surface area contributed by atoms with Crippen molar-refractivity contribution < 1.29 is 23.1 Å². The van der Waals surface area contributed by atoms with Crippen LogP contribution in [0.25, 0.3) is 11.1 Å². The molecule has 286 valence electrons. The number of nitrogens with zero attached hydrogens (tertiary/aromatic N) is 8. The molecule has 2 saturated carbocycles. The number of halogens is 2. The number of anilines is 2. The smallest absolute Gasteiger partial charge is 0.410 e. The van der Waals surface area contributed by atoms with E-state index in [1.54, 1.807) is 37.1 Å². The monoisotopic (exact) mass is 732 g/mol. The fourth-order valence-electron chi connectivity index (χ4n) is 9.74. The molecule has 0 radical (unpaired) electrons. The molecule has 1 spiro atoms. The lowest BCUT2D eigenvalue weighted by molar-refractivity contribution is -0.129. The number of carbonyl (C=O) groups is 2. The van der Waals surface area contributed by atoms with Gasteiger partial charge in [-0.25, -0.2) is 13.6 Å². The summed E-state index contributed by atoms with van der Waals surface area (Å²) in [6.07, 6.45) is 9.87. The van der Waals surface area contributed by atoms with Crippen molar-refractivity contribution in [1.82, 2.24) is 34.3 Å². The fourth-order valence-corrected chi connectivity index (χ4v) is 9.74. The average molecular weight is 733 g/mol. The topological polar surface area (TPSA) is 92.0 Å². The Balaban J connectivity index is 0.993. The summed E-state index contributed by atoms with van der Waals surface area (Å²) in [5.74, 6) is 0.857. The van der Waals surface area contributed by atoms with Gasteiger partial charge in [-0.3, -0.25) is 19.1 Å². The molecule has 0 N–H and O–H groups in total. The summed E-state index contributed by atoms with van der Waals surface area (Å²) >= 11 is 0. The van der Waals surface area contributed by atoms with Gasteiger partial charge in [0.2, 0.25) is 5.91 Å². The zero-order valence-electron chi connectivity index (χ0n) is 31.9. The maximum Gasteiger partial charge on any atom is 0.410 e. The minimum Gasteiger partial charge on any atom is -0.444 e. The summed E-state index contributed by atoms with van der Waals surface area (Å²) in [5.41, 5.74) is 5.19. The molecule has 13 heteroatoms. The highest BCUT2D eigenvalue weighted by Crippen LogP contribution is 2.55. The Morgan fingerprint density at radius 3 is 2.34 bits per heavy atom. The summed E-state index contributed by atoms with van der Waals surface area (Å²) < 4.78 is 38.8. The lowest BCUT2D eigenvalue weighted by Gasteiger charge is -2.56. The van der Waals surface area contributed by atoms with Gasteiger partial charge in [0, 0.05) is 100.0 Å². The predicted octanol–water partition coefficient (Wildman–Crippen LogP) is 7.03. The molecule has 5 heterocycles. The Hall–Kier alpha value is -4.00. The van der Waals surface area contributed by atoms with Gasteiger partial charge in [0.05, 0.1) is 18.8 Å². The summed E-state index contributed by atoms with van der Waals surface area (Å²) in [5, 5.41) is 9.61. The normalized spacial score (nSPS) is 25.0. The first-order valence-electron chi connectivity index (χ1n) is 19.6. The van der Waals surface area contributed by atoms with Crippen LogP contribution in [0.4, 0.5) is 25.1 Å². The molecule has 2 aliphatic carbocycles. The number of hydrogen-bond acceptors (Lipinski definition) is 7. The molecule has 3 aromatic rings. The molecule has 0 atom stereocenters. The first kappa shape index (κ1) is 36.0. The molecule has 5 aliphatic rings. The predicted molar refractivity (Wildman–Crippen MR) is 198 cm³/mol. The highest BCUT2D eigenvalue weighted by atomic mass is 19.3. The van der Waals surface area contributed by atoms with E-state index < -0.39 is 12.0 Å². The van der Waals surface area contributed by atoms with E-state index in [9.17, 15) is 18.4 Å². The second-order valence-corrected chi connectivity index (χ2v) is 17.2. The van der Waals surface area contributed by atoms with Crippen molar-refractivity contribution in [1.29, 1.82) is 0 Å². The van der Waals surface area contributed by atoms with Crippen molar-refractivity contribution in [2.24, 2.45) is 12.5 Å². The van der Waals surface area contributed by atoms with Gasteiger partial charge in [-0.05, 0) is 101 Å². The molecule has 2 aromatic heterocycles. The largest absolute Gasteiger partial charge is 0.444 e. The Morgan fingerprint density at radius 2 is 1.70 bits per heavy atom. The fraction of sp³-hybridized carbons (Fsp3) is 0.650. The Labute approximate surface area is 311 Å². The SMILES string of the molecule is CC(=O)N1CCc2c(c(N3CCCc4cc(-c5cnn(C)c5)c(C(F)F)cc43)nn2C2CCC3(CC2)CC(N2CCN(C(=O)OC(C)(C)C)CC2)C3)C1. The third kappa shape index (κ3) is 6.94. The molecule has 0 bridgehead atoms. The number of alkyl halides is 2. The number of hydrogen-bond donors (Lipinski definition) is 0. The number of piperazine rings is 1. The third-order valence-electron chi connectivity index (χ3n) is 12.6. The van der Waals surface area contributed by atoms with E-state index in [2.05, 4.69) is 19.6 Å². The molecule has 0 unspecified atom stereocenters. The molecule has 1 aromatic carbocycles. The van der Waals surface area contributed by atoms with E-state index in [4.69, 9.17) is 9.84 Å². The third-order valence-corrected chi connectivity index (χ3v) is 12.6. The number of ether oxygens (including phenoxy) is 1. The van der Waals surface area contributed by atoms with Crippen molar-refractivity contribution in [2.45, 2.75) is 116 Å². The van der Waals surface area contributed by atoms with Gasteiger partial charge in [-0.2, -0.15) is 10.2 Å². The van der Waals surface area contributed by atoms with E-state index in [-0.39, 0.29) is 23.6 Å². The molecule has 2 amide bonds. The van der Waals surface area contributed by atoms with Gasteiger partial charge < -0.3 is 19.4 Å². The molecule has 3 aliphatic heterocycles. The lowest BCUT2D eigenvalue weighted by Crippen LogP contribution is -2.58. The van der Waals surface area contributed by atoms with Crippen LogP contribution < -0.4 is 4.90 Å². The van der Waals surface area contributed by atoms with Gasteiger partial charge in [-0.15, -0.1) is 0 Å². The number of amides is 2. The summed E-state index contributed by atoms with van der Waals surface area (Å²) in [6, 6.07) is 4.45. The molecule has 53 heavy (non-hydrogen) atoms. The zero-order chi connectivity index (χ0) is 37.2. The van der Waals surface area contributed by atoms with E-state index in [0.717, 1.165) is 80.7 Å². The number of carbonyl (C=O) groups excluding carboxylic acids is 2. The van der Waals surface area contributed by atoms with Crippen LogP contribution in [-0.2, 0) is 36.0 Å². The van der Waals surface area contributed by atoms with Crippen LogP contribution in [-0.4, -0.2) is 97.2 Å². The maximum absolute atomic E-state index is 14.7. The van der Waals surface area contributed by atoms with Gasteiger partial charge in [0.1, 0.15) is 5.60 Å². The highest BCUT2D eigenvalue weighted by Gasteiger charge is 2.49. The number of aromatic nitrogens is 4. The van der Waals surface area contributed by atoms with Crippen molar-refractivity contribution in [2.75, 3.05) is 44.2 Å². The van der Waals surface area contributed by atoms with Crippen LogP contribution in [0.15, 0.2) is 24.5 Å². The molecule has 1 saturated heterocycles. The van der Waals surface area contributed by atoms with Crippen molar-refractivity contribution >= 4 is 23.5 Å². The van der Waals surface area contributed by atoms with E-state index >= 15 is 0 Å². The Kier molecular flexibility index (Phi) is 9.30. The maximum atomic E-state index is 14.7. The van der Waals surface area contributed by atoms with Crippen LogP contribution in [0.3, 0.4) is 0 Å². The quantitative estimate of drug-likeness (QED) is 0.278. The highest BCUT2D eigenvalue weighted by molar-refractivity contribution is 5.78. The van der Waals surface area contributed by atoms with E-state index in [1.165, 1.54) is 18.5 Å². The molecule has 11 nitrogen and oxygen atoms in total. The van der Waals surface area contributed by atoms with Crippen LogP contribution in [0.5, 0.6) is 0 Å². The first-order valence-corrected chi connectivity index (χ1v) is 19.6. The minimum absolute atomic E-state index is 0.00335. The van der Waals surface area contributed by atoms with E-state index in [0.29, 0.717) is 55.3 Å². The Bertz CT molecular complexity index is 1860. The number of aryl methyl sites for hydroxylation is 2. The van der Waals surface area contributed by atoms with Crippen molar-refractivity contribution in [3.05, 3.63) is 46.9 Å². The molecule has 3 fully saturated rings. The average Bonchev–Trinajstić information content (AvgIpc) is 3.72. The number of benzene rings is 1. The van der Waals surface area contributed by atoms with Crippen LogP contribution in [0.1, 0.15) is 107 Å². The van der Waals surface area contributed by atoms with E-state index in [1.807, 2.05) is 36.6 Å². The van der Waals surface area contributed by atoms with Crippen LogP contribution in [0.2, 0.25) is 0 Å².